The number of carbonyl (C=O) groups excluding carboxylic acids is 3. The van der Waals surface area contributed by atoms with Crippen molar-refractivity contribution < 1.29 is 28.6 Å². The Labute approximate surface area is 514 Å². The highest BCUT2D eigenvalue weighted by atomic mass is 16.6. The number of rotatable bonds is 64. The number of esters is 3. The minimum Gasteiger partial charge on any atom is -0.462 e. The van der Waals surface area contributed by atoms with Crippen molar-refractivity contribution in [3.8, 4) is 0 Å². The monoisotopic (exact) mass is 1150 g/mol. The number of unbranched alkanes of at least 4 members (excludes halogenated alkanes) is 35. The van der Waals surface area contributed by atoms with Gasteiger partial charge in [0.05, 0.1) is 0 Å². The molecule has 0 rings (SSSR count). The second-order valence-corrected chi connectivity index (χ2v) is 23.4. The molecule has 0 heterocycles. The summed E-state index contributed by atoms with van der Waals surface area (Å²) in [4.78, 5) is 38.5. The lowest BCUT2D eigenvalue weighted by atomic mass is 10.0. The highest BCUT2D eigenvalue weighted by Gasteiger charge is 2.19. The molecule has 1 atom stereocenters. The zero-order valence-electron chi connectivity index (χ0n) is 54.7. The molecule has 0 N–H and O–H groups in total. The zero-order valence-corrected chi connectivity index (χ0v) is 54.7. The van der Waals surface area contributed by atoms with E-state index in [0.717, 1.165) is 116 Å². The van der Waals surface area contributed by atoms with E-state index in [1.165, 1.54) is 186 Å². The van der Waals surface area contributed by atoms with Crippen LogP contribution in [-0.4, -0.2) is 37.2 Å². The molecule has 0 saturated heterocycles. The number of hydrogen-bond donors (Lipinski definition) is 0. The Morgan fingerprint density at radius 3 is 0.735 bits per heavy atom. The Hall–Kier alpha value is -3.93. The molecule has 6 nitrogen and oxygen atoms in total. The molecule has 0 aliphatic rings. The zero-order chi connectivity index (χ0) is 59.9. The summed E-state index contributed by atoms with van der Waals surface area (Å²) in [5, 5.41) is 0. The largest absolute Gasteiger partial charge is 0.462 e. The first-order valence-corrected chi connectivity index (χ1v) is 35.4. The number of ether oxygens (including phenoxy) is 3. The molecule has 0 bridgehead atoms. The van der Waals surface area contributed by atoms with Crippen LogP contribution in [0.4, 0.5) is 0 Å². The SMILES string of the molecule is CC/C=C\C/C=C\C/C=C\C/C=C\CCCCCCCCC(=O)OCC(COC(=O)CCCCCCCCCCCC/C=C\C/C=C\C/C=C\CCCCCCC)OC(=O)CCCCCCCCCCC/C=C\C/C=C\CCCCCCC. The van der Waals surface area contributed by atoms with Crippen LogP contribution in [0.3, 0.4) is 0 Å². The van der Waals surface area contributed by atoms with Crippen LogP contribution >= 0.6 is 0 Å². The van der Waals surface area contributed by atoms with Gasteiger partial charge in [-0.15, -0.1) is 0 Å². The summed E-state index contributed by atoms with van der Waals surface area (Å²) in [7, 11) is 0. The van der Waals surface area contributed by atoms with E-state index in [1.54, 1.807) is 0 Å². The van der Waals surface area contributed by atoms with Crippen molar-refractivity contribution in [2.75, 3.05) is 13.2 Å². The van der Waals surface area contributed by atoms with Gasteiger partial charge in [-0.25, -0.2) is 0 Å². The molecule has 0 amide bonds. The maximum absolute atomic E-state index is 13.0. The van der Waals surface area contributed by atoms with Crippen molar-refractivity contribution in [3.63, 3.8) is 0 Å². The van der Waals surface area contributed by atoms with Gasteiger partial charge in [-0.05, 0) is 128 Å². The molecule has 0 aromatic heterocycles. The highest BCUT2D eigenvalue weighted by molar-refractivity contribution is 5.71. The first kappa shape index (κ1) is 79.1. The van der Waals surface area contributed by atoms with Gasteiger partial charge in [-0.2, -0.15) is 0 Å². The van der Waals surface area contributed by atoms with Gasteiger partial charge in [-0.1, -0.05) is 304 Å². The van der Waals surface area contributed by atoms with E-state index in [9.17, 15) is 14.4 Å². The third-order valence-corrected chi connectivity index (χ3v) is 15.2. The van der Waals surface area contributed by atoms with Gasteiger partial charge >= 0.3 is 17.9 Å². The van der Waals surface area contributed by atoms with Crippen LogP contribution in [0.2, 0.25) is 0 Å². The van der Waals surface area contributed by atoms with Gasteiger partial charge in [0.2, 0.25) is 0 Å². The van der Waals surface area contributed by atoms with Crippen molar-refractivity contribution in [1.29, 1.82) is 0 Å². The van der Waals surface area contributed by atoms with Crippen molar-refractivity contribution in [1.82, 2.24) is 0 Å². The molecular weight excluding hydrogens is 1020 g/mol. The summed E-state index contributed by atoms with van der Waals surface area (Å²) in [6, 6.07) is 0. The highest BCUT2D eigenvalue weighted by Crippen LogP contribution is 2.16. The minimum atomic E-state index is -0.793. The standard InChI is InChI=1S/C77H132O6/c1-4-7-10-13-16-19-22-25-28-31-34-36-37-38-39-41-43-46-49-52-55-58-61-64-67-70-76(79)82-73-74(72-81-75(78)69-66-63-60-57-54-51-48-45-42-33-30-27-24-21-18-15-12-9-6-3)83-77(80)71-68-65-62-59-56-53-50-47-44-40-35-32-29-26-23-20-17-14-11-8-5-2/h9,12,18,21-23,25-27,30-32,34-35,37-38,42,45,74H,4-8,10-11,13-17,19-20,24,28-29,33,36,39-41,43-44,46-73H2,1-3H3/b12-9-,21-18-,25-22-,26-23-,30-27-,34-31-,35-32-,38-37-,45-42-. The maximum Gasteiger partial charge on any atom is 0.306 e. The summed E-state index contributed by atoms with van der Waals surface area (Å²) < 4.78 is 17.0. The molecule has 0 spiro atoms. The Morgan fingerprint density at radius 1 is 0.253 bits per heavy atom. The smallest absolute Gasteiger partial charge is 0.306 e. The molecule has 476 valence electrons. The molecule has 0 aliphatic carbocycles. The lowest BCUT2D eigenvalue weighted by molar-refractivity contribution is -0.167. The van der Waals surface area contributed by atoms with E-state index in [0.29, 0.717) is 19.3 Å². The van der Waals surface area contributed by atoms with Crippen molar-refractivity contribution in [2.45, 2.75) is 348 Å². The van der Waals surface area contributed by atoms with Gasteiger partial charge in [-0.3, -0.25) is 14.4 Å². The molecule has 83 heavy (non-hydrogen) atoms. The average molecular weight is 1150 g/mol. The minimum absolute atomic E-state index is 0.0865. The predicted octanol–water partition coefficient (Wildman–Crippen LogP) is 24.6. The number of allylic oxidation sites excluding steroid dienone is 18. The molecule has 0 fully saturated rings. The molecule has 6 heteroatoms. The Kier molecular flexibility index (Phi) is 67.2. The predicted molar refractivity (Wildman–Crippen MR) is 362 cm³/mol. The van der Waals surface area contributed by atoms with Gasteiger partial charge in [0.15, 0.2) is 6.10 Å². The summed E-state index contributed by atoms with van der Waals surface area (Å²) in [6.45, 7) is 6.52. The fraction of sp³-hybridized carbons (Fsp3) is 0.727. The van der Waals surface area contributed by atoms with Crippen LogP contribution < -0.4 is 0 Å². The Balaban J connectivity index is 4.40. The van der Waals surface area contributed by atoms with E-state index in [4.69, 9.17) is 14.2 Å². The van der Waals surface area contributed by atoms with Crippen LogP contribution in [0, 0.1) is 0 Å². The van der Waals surface area contributed by atoms with E-state index in [-0.39, 0.29) is 31.1 Å². The third kappa shape index (κ3) is 68.7. The fourth-order valence-corrected chi connectivity index (χ4v) is 9.94. The number of hydrogen-bond acceptors (Lipinski definition) is 6. The van der Waals surface area contributed by atoms with E-state index in [1.807, 2.05) is 0 Å². The summed E-state index contributed by atoms with van der Waals surface area (Å²) >= 11 is 0. The van der Waals surface area contributed by atoms with Crippen LogP contribution in [0.5, 0.6) is 0 Å². The van der Waals surface area contributed by atoms with Gasteiger partial charge in [0.25, 0.3) is 0 Å². The summed E-state index contributed by atoms with van der Waals surface area (Å²) in [5.74, 6) is -0.895. The first-order valence-electron chi connectivity index (χ1n) is 35.4. The Bertz CT molecular complexity index is 1660. The molecule has 0 aliphatic heterocycles. The van der Waals surface area contributed by atoms with Crippen LogP contribution in [0.15, 0.2) is 109 Å². The summed E-state index contributed by atoms with van der Waals surface area (Å²) in [6.07, 6.45) is 96.7. The van der Waals surface area contributed by atoms with E-state index < -0.39 is 6.10 Å². The quantitative estimate of drug-likeness (QED) is 0.0261. The normalized spacial score (nSPS) is 12.8. The molecule has 0 aromatic rings. The number of carbonyl (C=O) groups is 3. The average Bonchev–Trinajstić information content (AvgIpc) is 3.49. The van der Waals surface area contributed by atoms with Gasteiger partial charge in [0.1, 0.15) is 13.2 Å². The Morgan fingerprint density at radius 2 is 0.470 bits per heavy atom. The second-order valence-electron chi connectivity index (χ2n) is 23.4. The third-order valence-electron chi connectivity index (χ3n) is 15.2. The lowest BCUT2D eigenvalue weighted by Gasteiger charge is -2.18. The van der Waals surface area contributed by atoms with Crippen molar-refractivity contribution in [3.05, 3.63) is 109 Å². The van der Waals surface area contributed by atoms with E-state index in [2.05, 4.69) is 130 Å². The van der Waals surface area contributed by atoms with Crippen molar-refractivity contribution >= 4 is 17.9 Å². The molecule has 1 unspecified atom stereocenters. The molecular formula is C77H132O6. The summed E-state index contributed by atoms with van der Waals surface area (Å²) in [5.41, 5.74) is 0. The van der Waals surface area contributed by atoms with Gasteiger partial charge < -0.3 is 14.2 Å². The maximum atomic E-state index is 13.0. The molecule has 0 saturated carbocycles. The van der Waals surface area contributed by atoms with Crippen molar-refractivity contribution in [2.24, 2.45) is 0 Å². The molecule has 0 aromatic carbocycles. The van der Waals surface area contributed by atoms with Crippen LogP contribution in [0.25, 0.3) is 0 Å². The lowest BCUT2D eigenvalue weighted by Crippen LogP contribution is -2.30. The topological polar surface area (TPSA) is 78.9 Å². The fourth-order valence-electron chi connectivity index (χ4n) is 9.94. The van der Waals surface area contributed by atoms with E-state index >= 15 is 0 Å². The first-order chi connectivity index (χ1) is 41.0. The molecule has 0 radical (unpaired) electrons. The van der Waals surface area contributed by atoms with Gasteiger partial charge in [0, 0.05) is 19.3 Å². The van der Waals surface area contributed by atoms with Crippen LogP contribution in [-0.2, 0) is 28.6 Å². The second kappa shape index (κ2) is 70.6. The van der Waals surface area contributed by atoms with Crippen LogP contribution in [0.1, 0.15) is 342 Å².